The second-order valence-electron chi connectivity index (χ2n) is 6.41. The van der Waals surface area contributed by atoms with Gasteiger partial charge >= 0.3 is 0 Å². The molecule has 0 bridgehead atoms. The quantitative estimate of drug-likeness (QED) is 0.851. The van der Waals surface area contributed by atoms with E-state index in [0.29, 0.717) is 12.2 Å². The lowest BCUT2D eigenvalue weighted by Crippen LogP contribution is -2.38. The van der Waals surface area contributed by atoms with Gasteiger partial charge in [-0.2, -0.15) is 0 Å². The topological polar surface area (TPSA) is 92.3 Å². The van der Waals surface area contributed by atoms with Crippen molar-refractivity contribution in [1.29, 1.82) is 0 Å². The van der Waals surface area contributed by atoms with E-state index in [1.165, 1.54) is 24.1 Å². The van der Waals surface area contributed by atoms with E-state index < -0.39 is 33.4 Å². The summed E-state index contributed by atoms with van der Waals surface area (Å²) in [6.07, 6.45) is 0.384. The van der Waals surface area contributed by atoms with Crippen LogP contribution in [0.5, 0.6) is 0 Å². The average Bonchev–Trinajstić information content (AvgIpc) is 2.96. The van der Waals surface area contributed by atoms with Crippen molar-refractivity contribution in [3.05, 3.63) is 47.4 Å². The molecule has 144 valence electrons. The highest BCUT2D eigenvalue weighted by Gasteiger charge is 2.33. The number of aromatic nitrogens is 2. The Balaban J connectivity index is 1.82. The first-order valence-electron chi connectivity index (χ1n) is 8.20. The van der Waals surface area contributed by atoms with Crippen molar-refractivity contribution < 1.29 is 22.0 Å². The molecular formula is C17H18F2N4O3S. The molecule has 0 saturated carbocycles. The molecule has 1 N–H and O–H groups in total. The number of anilines is 2. The van der Waals surface area contributed by atoms with Crippen LogP contribution in [0.15, 0.2) is 24.3 Å². The molecule has 27 heavy (non-hydrogen) atoms. The van der Waals surface area contributed by atoms with Crippen LogP contribution in [0, 0.1) is 18.6 Å². The third-order valence-corrected chi connectivity index (χ3v) is 6.08. The Morgan fingerprint density at radius 1 is 1.22 bits per heavy atom. The molecule has 2 heterocycles. The molecule has 0 radical (unpaired) electrons. The number of carbonyl (C=O) groups is 1. The fourth-order valence-electron chi connectivity index (χ4n) is 2.89. The number of sulfone groups is 1. The number of rotatable bonds is 4. The van der Waals surface area contributed by atoms with Gasteiger partial charge in [-0.25, -0.2) is 27.2 Å². The number of carbonyl (C=O) groups excluding carboxylic acids is 1. The summed E-state index contributed by atoms with van der Waals surface area (Å²) in [5.74, 6) is -1.88. The zero-order valence-corrected chi connectivity index (χ0v) is 15.6. The number of hydrogen-bond donors (Lipinski definition) is 1. The number of nitrogens with one attached hydrogen (secondary N) is 1. The summed E-state index contributed by atoms with van der Waals surface area (Å²) in [6.45, 7) is 1.59. The van der Waals surface area contributed by atoms with Crippen LogP contribution in [0.4, 0.5) is 20.3 Å². The van der Waals surface area contributed by atoms with Crippen molar-refractivity contribution in [3.63, 3.8) is 0 Å². The van der Waals surface area contributed by atoms with Crippen molar-refractivity contribution >= 4 is 27.2 Å². The van der Waals surface area contributed by atoms with E-state index in [4.69, 9.17) is 0 Å². The monoisotopic (exact) mass is 396 g/mol. The first-order valence-corrected chi connectivity index (χ1v) is 10.0. The number of hydrogen-bond acceptors (Lipinski definition) is 6. The van der Waals surface area contributed by atoms with Gasteiger partial charge in [-0.15, -0.1) is 0 Å². The lowest BCUT2D eigenvalue weighted by Gasteiger charge is -2.23. The normalized spacial score (nSPS) is 18.3. The molecular weight excluding hydrogens is 378 g/mol. The van der Waals surface area contributed by atoms with Gasteiger partial charge in [-0.3, -0.25) is 4.79 Å². The zero-order chi connectivity index (χ0) is 19.8. The van der Waals surface area contributed by atoms with E-state index in [0.717, 1.165) is 12.1 Å². The maximum absolute atomic E-state index is 13.4. The van der Waals surface area contributed by atoms with Gasteiger partial charge in [0.1, 0.15) is 17.3 Å². The first kappa shape index (κ1) is 19.2. The van der Waals surface area contributed by atoms with Crippen LogP contribution in [0.3, 0.4) is 0 Å². The Hall–Kier alpha value is -2.62. The number of amides is 1. The fraction of sp³-hybridized carbons (Fsp3) is 0.353. The van der Waals surface area contributed by atoms with Crippen molar-refractivity contribution in [2.75, 3.05) is 23.9 Å². The molecule has 2 aromatic rings. The first-order chi connectivity index (χ1) is 12.6. The highest BCUT2D eigenvalue weighted by Crippen LogP contribution is 2.21. The Labute approximate surface area is 155 Å². The van der Waals surface area contributed by atoms with Crippen molar-refractivity contribution in [2.24, 2.45) is 0 Å². The van der Waals surface area contributed by atoms with Crippen LogP contribution in [0.1, 0.15) is 22.7 Å². The van der Waals surface area contributed by atoms with Crippen LogP contribution in [-0.4, -0.2) is 53.8 Å². The van der Waals surface area contributed by atoms with Crippen molar-refractivity contribution in [1.82, 2.24) is 14.9 Å². The highest BCUT2D eigenvalue weighted by atomic mass is 32.2. The van der Waals surface area contributed by atoms with Crippen molar-refractivity contribution in [2.45, 2.75) is 19.4 Å². The molecule has 0 aliphatic carbocycles. The van der Waals surface area contributed by atoms with Gasteiger partial charge in [-0.05, 0) is 25.5 Å². The Bertz CT molecular complexity index is 998. The van der Waals surface area contributed by atoms with E-state index in [9.17, 15) is 22.0 Å². The van der Waals surface area contributed by atoms with Crippen LogP contribution < -0.4 is 5.32 Å². The molecule has 1 aliphatic heterocycles. The minimum atomic E-state index is -3.13. The second-order valence-corrected chi connectivity index (χ2v) is 8.64. The van der Waals surface area contributed by atoms with E-state index in [2.05, 4.69) is 15.3 Å². The SMILES string of the molecule is Cc1nc(Nc2ccc(F)c(F)c2)cc(C(=O)N(C)C2CCS(=O)(=O)C2)n1. The summed E-state index contributed by atoms with van der Waals surface area (Å²) in [5, 5.41) is 2.81. The maximum Gasteiger partial charge on any atom is 0.272 e. The maximum atomic E-state index is 13.4. The van der Waals surface area contributed by atoms with Crippen LogP contribution in [0.25, 0.3) is 0 Å². The Morgan fingerprint density at radius 2 is 1.96 bits per heavy atom. The number of benzene rings is 1. The molecule has 0 spiro atoms. The van der Waals surface area contributed by atoms with Crippen LogP contribution >= 0.6 is 0 Å². The van der Waals surface area contributed by atoms with Crippen LogP contribution in [-0.2, 0) is 9.84 Å². The molecule has 1 amide bonds. The summed E-state index contributed by atoms with van der Waals surface area (Å²) in [7, 11) is -1.59. The summed E-state index contributed by atoms with van der Waals surface area (Å²) >= 11 is 0. The minimum absolute atomic E-state index is 0.0566. The molecule has 1 aliphatic rings. The molecule has 1 atom stereocenters. The fourth-order valence-corrected chi connectivity index (χ4v) is 4.66. The number of halogens is 2. The predicted molar refractivity (Wildman–Crippen MR) is 95.6 cm³/mol. The molecule has 7 nitrogen and oxygen atoms in total. The van der Waals surface area contributed by atoms with E-state index in [-0.39, 0.29) is 28.7 Å². The Kier molecular flexibility index (Phi) is 5.09. The lowest BCUT2D eigenvalue weighted by atomic mass is 10.2. The van der Waals surface area contributed by atoms with Gasteiger partial charge in [-0.1, -0.05) is 0 Å². The molecule has 3 rings (SSSR count). The molecule has 1 aromatic heterocycles. The van der Waals surface area contributed by atoms with E-state index in [1.807, 2.05) is 0 Å². The van der Waals surface area contributed by atoms with Gasteiger partial charge < -0.3 is 10.2 Å². The molecule has 10 heteroatoms. The predicted octanol–water partition coefficient (Wildman–Crippen LogP) is 2.07. The Morgan fingerprint density at radius 3 is 2.59 bits per heavy atom. The van der Waals surface area contributed by atoms with E-state index >= 15 is 0 Å². The van der Waals surface area contributed by atoms with E-state index in [1.54, 1.807) is 6.92 Å². The second kappa shape index (κ2) is 7.18. The third kappa shape index (κ3) is 4.38. The van der Waals surface area contributed by atoms with Crippen LogP contribution in [0.2, 0.25) is 0 Å². The van der Waals surface area contributed by atoms with Gasteiger partial charge in [0, 0.05) is 30.9 Å². The smallest absolute Gasteiger partial charge is 0.272 e. The number of aryl methyl sites for hydroxylation is 1. The summed E-state index contributed by atoms with van der Waals surface area (Å²) in [6, 6.07) is 4.28. The van der Waals surface area contributed by atoms with Gasteiger partial charge in [0.05, 0.1) is 11.5 Å². The average molecular weight is 396 g/mol. The summed E-state index contributed by atoms with van der Waals surface area (Å²) in [4.78, 5) is 22.3. The molecule has 1 unspecified atom stereocenters. The minimum Gasteiger partial charge on any atom is -0.340 e. The molecule has 1 fully saturated rings. The van der Waals surface area contributed by atoms with Crippen molar-refractivity contribution in [3.8, 4) is 0 Å². The van der Waals surface area contributed by atoms with Gasteiger partial charge in [0.15, 0.2) is 21.5 Å². The highest BCUT2D eigenvalue weighted by molar-refractivity contribution is 7.91. The lowest BCUT2D eigenvalue weighted by molar-refractivity contribution is 0.0741. The third-order valence-electron chi connectivity index (χ3n) is 4.33. The number of nitrogens with zero attached hydrogens (tertiary/aromatic N) is 3. The van der Waals surface area contributed by atoms with Gasteiger partial charge in [0.25, 0.3) is 5.91 Å². The summed E-state index contributed by atoms with van der Waals surface area (Å²) in [5.41, 5.74) is 0.347. The zero-order valence-electron chi connectivity index (χ0n) is 14.7. The molecule has 1 saturated heterocycles. The van der Waals surface area contributed by atoms with Gasteiger partial charge in [0.2, 0.25) is 0 Å². The standard InChI is InChI=1S/C17H18F2N4O3S/c1-10-20-15(17(24)23(2)12-5-6-27(25,26)9-12)8-16(21-10)22-11-3-4-13(18)14(19)7-11/h3-4,7-8,12H,5-6,9H2,1-2H3,(H,20,21,22). The molecule has 1 aromatic carbocycles. The largest absolute Gasteiger partial charge is 0.340 e. The summed E-state index contributed by atoms with van der Waals surface area (Å²) < 4.78 is 49.7.